The largest absolute Gasteiger partial charge is 0.786 e. The van der Waals surface area contributed by atoms with E-state index in [4.69, 9.17) is 13.9 Å². The summed E-state index contributed by atoms with van der Waals surface area (Å²) >= 11 is -2.84. The Labute approximate surface area is 203 Å². The fourth-order valence-corrected chi connectivity index (χ4v) is 3.81. The molecule has 12 heteroatoms. The van der Waals surface area contributed by atoms with Crippen LogP contribution in [0, 0.1) is 5.82 Å². The van der Waals surface area contributed by atoms with Gasteiger partial charge in [0.25, 0.3) is 0 Å². The SMILES string of the molecule is COc1cc(OC(=O)N(C)C)cc2oc(=O)c(Cc3cccc([N-]S(=O)[O-])c3F)c(CN(C)C)c12. The molecule has 10 nitrogen and oxygen atoms in total. The Kier molecular flexibility index (Phi) is 8.10. The Morgan fingerprint density at radius 2 is 1.91 bits per heavy atom. The zero-order valence-corrected chi connectivity index (χ0v) is 20.6. The van der Waals surface area contributed by atoms with Gasteiger partial charge in [-0.3, -0.25) is 4.21 Å². The first kappa shape index (κ1) is 26.1. The molecule has 0 fully saturated rings. The lowest BCUT2D eigenvalue weighted by molar-refractivity contribution is 0.172. The van der Waals surface area contributed by atoms with Crippen LogP contribution in [0.2, 0.25) is 0 Å². The summed E-state index contributed by atoms with van der Waals surface area (Å²) < 4.78 is 56.4. The molecule has 1 atom stereocenters. The third-order valence-corrected chi connectivity index (χ3v) is 5.36. The minimum Gasteiger partial charge on any atom is -0.786 e. The highest BCUT2D eigenvalue weighted by molar-refractivity contribution is 7.82. The summed E-state index contributed by atoms with van der Waals surface area (Å²) in [5, 5.41) is 0.461. The minimum atomic E-state index is -2.84. The highest BCUT2D eigenvalue weighted by Gasteiger charge is 2.22. The van der Waals surface area contributed by atoms with Crippen LogP contribution in [0.3, 0.4) is 0 Å². The maximum Gasteiger partial charge on any atom is 0.414 e. The average molecular weight is 506 g/mol. The summed E-state index contributed by atoms with van der Waals surface area (Å²) in [5.41, 5.74) is -0.192. The first-order chi connectivity index (χ1) is 16.5. The van der Waals surface area contributed by atoms with Crippen molar-refractivity contribution in [1.29, 1.82) is 0 Å². The molecule has 2 aromatic carbocycles. The Balaban J connectivity index is 2.21. The molecule has 3 rings (SSSR count). The van der Waals surface area contributed by atoms with Crippen LogP contribution in [0.25, 0.3) is 15.7 Å². The predicted octanol–water partition coefficient (Wildman–Crippen LogP) is 3.45. The molecule has 0 spiro atoms. The molecule has 1 amide bonds. The summed E-state index contributed by atoms with van der Waals surface area (Å²) in [6, 6.07) is 7.01. The summed E-state index contributed by atoms with van der Waals surface area (Å²) in [6.45, 7) is 0.279. The summed E-state index contributed by atoms with van der Waals surface area (Å²) in [4.78, 5) is 28.1. The van der Waals surface area contributed by atoms with Crippen molar-refractivity contribution in [1.82, 2.24) is 9.80 Å². The average Bonchev–Trinajstić information content (AvgIpc) is 2.77. The molecule has 0 bridgehead atoms. The number of fused-ring (bicyclic) bond motifs is 1. The van der Waals surface area contributed by atoms with Gasteiger partial charge in [0.15, 0.2) is 0 Å². The zero-order chi connectivity index (χ0) is 25.9. The second-order valence-electron chi connectivity index (χ2n) is 8.08. The highest BCUT2D eigenvalue weighted by Crippen LogP contribution is 2.36. The molecule has 0 aliphatic rings. The third-order valence-electron chi connectivity index (χ3n) is 5.02. The molecule has 0 saturated heterocycles. The van der Waals surface area contributed by atoms with Crippen LogP contribution in [0.15, 0.2) is 39.5 Å². The molecule has 188 valence electrons. The van der Waals surface area contributed by atoms with Crippen LogP contribution in [0.5, 0.6) is 11.5 Å². The standard InChI is InChI=1S/C23H25FN3O7S/c1-26(2)12-16-15(9-13-7-6-8-17(21(13)24)25-35(30)31)22(28)34-19-11-14(33-23(29)27(3)4)10-18(32-5)20(16)19/h6-8,10-11H,9,12H2,1-5H3,(H,30,31)/q-1/p-1. The van der Waals surface area contributed by atoms with E-state index in [0.29, 0.717) is 10.9 Å². The van der Waals surface area contributed by atoms with Crippen LogP contribution < -0.4 is 15.1 Å². The quantitative estimate of drug-likeness (QED) is 0.337. The van der Waals surface area contributed by atoms with Gasteiger partial charge < -0.3 is 33.0 Å². The molecular weight excluding hydrogens is 481 g/mol. The fourth-order valence-electron chi connectivity index (χ4n) is 3.50. The van der Waals surface area contributed by atoms with E-state index >= 15 is 0 Å². The summed E-state index contributed by atoms with van der Waals surface area (Å²) in [5.74, 6) is -0.451. The Morgan fingerprint density at radius 1 is 1.20 bits per heavy atom. The molecule has 0 saturated carbocycles. The van der Waals surface area contributed by atoms with Gasteiger partial charge in [0.2, 0.25) is 0 Å². The Morgan fingerprint density at radius 3 is 2.51 bits per heavy atom. The maximum atomic E-state index is 15.0. The number of hydrogen-bond donors (Lipinski definition) is 0. The van der Waals surface area contributed by atoms with Crippen molar-refractivity contribution >= 4 is 34.0 Å². The van der Waals surface area contributed by atoms with E-state index in [9.17, 15) is 22.7 Å². The van der Waals surface area contributed by atoms with Crippen LogP contribution in [0.1, 0.15) is 16.7 Å². The van der Waals surface area contributed by atoms with E-state index < -0.39 is 28.8 Å². The van der Waals surface area contributed by atoms with Crippen molar-refractivity contribution in [3.05, 3.63) is 68.0 Å². The normalized spacial score (nSPS) is 12.0. The topological polar surface area (TPSA) is 126 Å². The van der Waals surface area contributed by atoms with Gasteiger partial charge in [0, 0.05) is 44.8 Å². The number of amides is 1. The van der Waals surface area contributed by atoms with Crippen molar-refractivity contribution in [3.63, 3.8) is 0 Å². The number of halogens is 1. The second kappa shape index (κ2) is 10.8. The van der Waals surface area contributed by atoms with Crippen molar-refractivity contribution in [2.24, 2.45) is 0 Å². The van der Waals surface area contributed by atoms with E-state index in [1.54, 1.807) is 14.1 Å². The first-order valence-electron chi connectivity index (χ1n) is 10.3. The van der Waals surface area contributed by atoms with Gasteiger partial charge in [0.1, 0.15) is 22.9 Å². The maximum absolute atomic E-state index is 15.0. The zero-order valence-electron chi connectivity index (χ0n) is 19.8. The van der Waals surface area contributed by atoms with Gasteiger partial charge >= 0.3 is 11.7 Å². The lowest BCUT2D eigenvalue weighted by Crippen LogP contribution is -2.25. The molecule has 0 N–H and O–H groups in total. The summed E-state index contributed by atoms with van der Waals surface area (Å²) in [7, 11) is 8.07. The second-order valence-corrected chi connectivity index (χ2v) is 8.70. The van der Waals surface area contributed by atoms with Gasteiger partial charge in [-0.05, 0) is 25.2 Å². The van der Waals surface area contributed by atoms with Gasteiger partial charge in [-0.15, -0.1) is 11.3 Å². The number of benzene rings is 2. The molecule has 1 aromatic heterocycles. The van der Waals surface area contributed by atoms with Crippen LogP contribution in [-0.4, -0.2) is 60.0 Å². The third kappa shape index (κ3) is 5.96. The van der Waals surface area contributed by atoms with E-state index in [1.165, 1.54) is 56.4 Å². The van der Waals surface area contributed by atoms with Crippen molar-refractivity contribution < 1.29 is 31.8 Å². The minimum absolute atomic E-state index is 0.0684. The lowest BCUT2D eigenvalue weighted by Gasteiger charge is -2.26. The monoisotopic (exact) mass is 505 g/mol. The van der Waals surface area contributed by atoms with Crippen LogP contribution >= 0.6 is 0 Å². The Bertz CT molecular complexity index is 1340. The smallest absolute Gasteiger partial charge is 0.414 e. The van der Waals surface area contributed by atoms with E-state index in [0.717, 1.165) is 0 Å². The van der Waals surface area contributed by atoms with E-state index in [1.807, 2.05) is 4.90 Å². The van der Waals surface area contributed by atoms with Crippen LogP contribution in [-0.2, 0) is 24.2 Å². The fraction of sp³-hybridized carbons (Fsp3) is 0.304. The molecule has 3 aromatic rings. The molecule has 35 heavy (non-hydrogen) atoms. The molecule has 0 aliphatic heterocycles. The number of ether oxygens (including phenoxy) is 2. The molecule has 0 aliphatic carbocycles. The van der Waals surface area contributed by atoms with Crippen molar-refractivity contribution in [2.75, 3.05) is 35.3 Å². The number of carbonyl (C=O) groups excluding carboxylic acids is 1. The van der Waals surface area contributed by atoms with E-state index in [2.05, 4.69) is 4.72 Å². The number of nitrogens with zero attached hydrogens (tertiary/aromatic N) is 3. The van der Waals surface area contributed by atoms with Gasteiger partial charge in [-0.2, -0.15) is 0 Å². The summed E-state index contributed by atoms with van der Waals surface area (Å²) in [6.07, 6.45) is -0.804. The molecule has 1 heterocycles. The van der Waals surface area contributed by atoms with Gasteiger partial charge in [-0.25, -0.2) is 14.0 Å². The number of rotatable bonds is 8. The molecule has 1 unspecified atom stereocenters. The number of hydrogen-bond acceptors (Lipinski definition) is 8. The van der Waals surface area contributed by atoms with Crippen LogP contribution in [0.4, 0.5) is 14.9 Å². The Hall–Kier alpha value is -3.48. The number of carbonyl (C=O) groups is 1. The van der Waals surface area contributed by atoms with Crippen molar-refractivity contribution in [3.8, 4) is 11.5 Å². The molecule has 0 radical (unpaired) electrons. The van der Waals surface area contributed by atoms with E-state index in [-0.39, 0.29) is 46.9 Å². The lowest BCUT2D eigenvalue weighted by atomic mass is 9.97. The molecular formula is C23H24FN3O7S-2. The van der Waals surface area contributed by atoms with Gasteiger partial charge in [-0.1, -0.05) is 23.9 Å². The first-order valence-corrected chi connectivity index (χ1v) is 11.3. The van der Waals surface area contributed by atoms with Crippen molar-refractivity contribution in [2.45, 2.75) is 13.0 Å². The highest BCUT2D eigenvalue weighted by atomic mass is 32.2. The van der Waals surface area contributed by atoms with Gasteiger partial charge in [0.05, 0.1) is 12.5 Å². The predicted molar refractivity (Wildman–Crippen MR) is 127 cm³/mol. The number of methoxy groups -OCH3 is 1.